The van der Waals surface area contributed by atoms with E-state index in [1.165, 1.54) is 0 Å². The number of aromatic nitrogens is 5. The third-order valence-corrected chi connectivity index (χ3v) is 5.88. The summed E-state index contributed by atoms with van der Waals surface area (Å²) in [5.74, 6) is 1.91. The number of hydrogen-bond acceptors (Lipinski definition) is 7. The van der Waals surface area contributed by atoms with Crippen LogP contribution >= 0.6 is 0 Å². The van der Waals surface area contributed by atoms with Crippen LogP contribution in [-0.2, 0) is 16.4 Å². The fourth-order valence-corrected chi connectivity index (χ4v) is 4.60. The molecule has 1 aliphatic heterocycles. The van der Waals surface area contributed by atoms with Crippen LogP contribution < -0.4 is 4.74 Å². The number of benzene rings is 1. The van der Waals surface area contributed by atoms with Gasteiger partial charge >= 0.3 is 0 Å². The van der Waals surface area contributed by atoms with Gasteiger partial charge in [-0.2, -0.15) is 5.10 Å². The van der Waals surface area contributed by atoms with Crippen LogP contribution in [0.15, 0.2) is 48.9 Å². The van der Waals surface area contributed by atoms with Crippen molar-refractivity contribution in [2.24, 2.45) is 0 Å². The van der Waals surface area contributed by atoms with Crippen molar-refractivity contribution in [3.05, 3.63) is 54.7 Å². The van der Waals surface area contributed by atoms with Gasteiger partial charge in [0, 0.05) is 12.4 Å². The lowest BCUT2D eigenvalue weighted by Crippen LogP contribution is -2.14. The van der Waals surface area contributed by atoms with E-state index in [9.17, 15) is 8.42 Å². The zero-order valence-corrected chi connectivity index (χ0v) is 14.7. The maximum absolute atomic E-state index is 11.9. The molecule has 26 heavy (non-hydrogen) atoms. The Morgan fingerprint density at radius 3 is 2.73 bits per heavy atom. The molecule has 1 aromatic carbocycles. The number of nitrogens with zero attached hydrogens (tertiary/aromatic N) is 5. The molecule has 1 atom stereocenters. The van der Waals surface area contributed by atoms with Crippen LogP contribution in [0.1, 0.15) is 18.3 Å². The molecular weight excluding hydrogens is 354 g/mol. The van der Waals surface area contributed by atoms with Gasteiger partial charge < -0.3 is 4.74 Å². The molecule has 0 radical (unpaired) electrons. The summed E-state index contributed by atoms with van der Waals surface area (Å²) >= 11 is 0. The molecule has 1 saturated heterocycles. The molecular formula is C17H17N5O3S. The zero-order chi connectivity index (χ0) is 18.0. The molecule has 0 bridgehead atoms. The molecule has 0 N–H and O–H groups in total. The molecule has 0 spiro atoms. The molecule has 134 valence electrons. The van der Waals surface area contributed by atoms with Crippen LogP contribution in [0.2, 0.25) is 0 Å². The average molecular weight is 371 g/mol. The maximum Gasteiger partial charge on any atom is 0.188 e. The summed E-state index contributed by atoms with van der Waals surface area (Å²) in [6.45, 7) is 0.184. The SMILES string of the molecule is O=S1(=O)CC[C@@H](n2nc(COc3ccccc3)nc2-c2cnccn2)C1. The quantitative estimate of drug-likeness (QED) is 0.672. The summed E-state index contributed by atoms with van der Waals surface area (Å²) in [6, 6.07) is 9.13. The number of hydrogen-bond donors (Lipinski definition) is 0. The molecule has 0 unspecified atom stereocenters. The van der Waals surface area contributed by atoms with Crippen molar-refractivity contribution in [3.8, 4) is 17.3 Å². The number of para-hydroxylation sites is 1. The second kappa shape index (κ2) is 6.83. The largest absolute Gasteiger partial charge is 0.486 e. The minimum Gasteiger partial charge on any atom is -0.486 e. The molecule has 4 rings (SSSR count). The Morgan fingerprint density at radius 1 is 1.19 bits per heavy atom. The number of ether oxygens (including phenoxy) is 1. The molecule has 3 aromatic rings. The predicted molar refractivity (Wildman–Crippen MR) is 94.1 cm³/mol. The molecule has 0 amide bonds. The van der Waals surface area contributed by atoms with E-state index in [2.05, 4.69) is 20.1 Å². The average Bonchev–Trinajstić information content (AvgIpc) is 3.24. The first-order valence-electron chi connectivity index (χ1n) is 8.21. The normalized spacial score (nSPS) is 18.7. The summed E-state index contributed by atoms with van der Waals surface area (Å²) in [5.41, 5.74) is 0.551. The lowest BCUT2D eigenvalue weighted by atomic mass is 10.2. The first-order valence-corrected chi connectivity index (χ1v) is 10.0. The van der Waals surface area contributed by atoms with Gasteiger partial charge in [-0.25, -0.2) is 23.1 Å². The van der Waals surface area contributed by atoms with E-state index >= 15 is 0 Å². The van der Waals surface area contributed by atoms with Crippen molar-refractivity contribution in [3.63, 3.8) is 0 Å². The second-order valence-corrected chi connectivity index (χ2v) is 8.27. The monoisotopic (exact) mass is 371 g/mol. The Morgan fingerprint density at radius 2 is 2.04 bits per heavy atom. The van der Waals surface area contributed by atoms with Gasteiger partial charge in [0.2, 0.25) is 0 Å². The van der Waals surface area contributed by atoms with Gasteiger partial charge in [-0.3, -0.25) is 4.98 Å². The van der Waals surface area contributed by atoms with Crippen LogP contribution in [0.25, 0.3) is 11.5 Å². The van der Waals surface area contributed by atoms with Gasteiger partial charge in [0.1, 0.15) is 18.1 Å². The Labute approximate surface area is 150 Å². The highest BCUT2D eigenvalue weighted by molar-refractivity contribution is 7.91. The summed E-state index contributed by atoms with van der Waals surface area (Å²) < 4.78 is 31.1. The van der Waals surface area contributed by atoms with E-state index in [0.29, 0.717) is 29.5 Å². The zero-order valence-electron chi connectivity index (χ0n) is 13.9. The minimum absolute atomic E-state index is 0.0581. The van der Waals surface area contributed by atoms with E-state index in [4.69, 9.17) is 4.74 Å². The summed E-state index contributed by atoms with van der Waals surface area (Å²) in [5, 5.41) is 4.50. The minimum atomic E-state index is -3.04. The van der Waals surface area contributed by atoms with Crippen molar-refractivity contribution >= 4 is 9.84 Å². The fraction of sp³-hybridized carbons (Fsp3) is 0.294. The van der Waals surface area contributed by atoms with E-state index < -0.39 is 9.84 Å². The van der Waals surface area contributed by atoms with Gasteiger partial charge in [0.15, 0.2) is 21.5 Å². The Hall–Kier alpha value is -2.81. The third kappa shape index (κ3) is 3.57. The lowest BCUT2D eigenvalue weighted by molar-refractivity contribution is 0.294. The van der Waals surface area contributed by atoms with Crippen LogP contribution in [0.3, 0.4) is 0 Å². The highest BCUT2D eigenvalue weighted by Crippen LogP contribution is 2.27. The van der Waals surface area contributed by atoms with Crippen molar-refractivity contribution < 1.29 is 13.2 Å². The maximum atomic E-state index is 11.9. The first kappa shape index (κ1) is 16.6. The van der Waals surface area contributed by atoms with Crippen molar-refractivity contribution in [1.29, 1.82) is 0 Å². The van der Waals surface area contributed by atoms with E-state index in [0.717, 1.165) is 0 Å². The smallest absolute Gasteiger partial charge is 0.188 e. The summed E-state index contributed by atoms with van der Waals surface area (Å²) in [7, 11) is -3.04. The second-order valence-electron chi connectivity index (χ2n) is 6.05. The first-order chi connectivity index (χ1) is 12.6. The Kier molecular flexibility index (Phi) is 4.37. The van der Waals surface area contributed by atoms with E-state index in [1.807, 2.05) is 30.3 Å². The van der Waals surface area contributed by atoms with Gasteiger partial charge in [-0.05, 0) is 18.6 Å². The molecule has 8 nitrogen and oxygen atoms in total. The third-order valence-electron chi connectivity index (χ3n) is 4.13. The Bertz CT molecular complexity index is 990. The van der Waals surface area contributed by atoms with Gasteiger partial charge in [0.05, 0.1) is 23.7 Å². The highest BCUT2D eigenvalue weighted by atomic mass is 32.2. The molecule has 1 fully saturated rings. The van der Waals surface area contributed by atoms with Crippen LogP contribution in [0.5, 0.6) is 5.75 Å². The van der Waals surface area contributed by atoms with Crippen LogP contribution in [0, 0.1) is 0 Å². The standard InChI is InChI=1S/C17H17N5O3S/c23-26(24)9-6-13(12-26)22-17(15-10-18-7-8-19-15)20-16(21-22)11-25-14-4-2-1-3-5-14/h1-5,7-8,10,13H,6,9,11-12H2/t13-/m1/s1. The molecule has 0 aliphatic carbocycles. The van der Waals surface area contributed by atoms with Crippen molar-refractivity contribution in [1.82, 2.24) is 24.7 Å². The molecule has 1 aliphatic rings. The molecule has 9 heteroatoms. The molecule has 3 heterocycles. The highest BCUT2D eigenvalue weighted by Gasteiger charge is 2.32. The number of rotatable bonds is 5. The predicted octanol–water partition coefficient (Wildman–Crippen LogP) is 1.67. The summed E-state index contributed by atoms with van der Waals surface area (Å²) in [4.78, 5) is 12.9. The van der Waals surface area contributed by atoms with Crippen LogP contribution in [0.4, 0.5) is 0 Å². The summed E-state index contributed by atoms with van der Waals surface area (Å²) in [6.07, 6.45) is 5.24. The van der Waals surface area contributed by atoms with Crippen molar-refractivity contribution in [2.75, 3.05) is 11.5 Å². The van der Waals surface area contributed by atoms with Crippen molar-refractivity contribution in [2.45, 2.75) is 19.1 Å². The van der Waals surface area contributed by atoms with Gasteiger partial charge in [-0.1, -0.05) is 18.2 Å². The topological polar surface area (TPSA) is 99.9 Å². The van der Waals surface area contributed by atoms with Crippen LogP contribution in [-0.4, -0.2) is 44.7 Å². The molecule has 0 saturated carbocycles. The Balaban J connectivity index is 1.64. The fourth-order valence-electron chi connectivity index (χ4n) is 2.91. The van der Waals surface area contributed by atoms with E-state index in [-0.39, 0.29) is 24.2 Å². The lowest BCUT2D eigenvalue weighted by Gasteiger charge is -2.10. The van der Waals surface area contributed by atoms with E-state index in [1.54, 1.807) is 23.3 Å². The molecule has 2 aromatic heterocycles. The van der Waals surface area contributed by atoms with Gasteiger partial charge in [0.25, 0.3) is 0 Å². The number of sulfone groups is 1. The van der Waals surface area contributed by atoms with Gasteiger partial charge in [-0.15, -0.1) is 0 Å².